The van der Waals surface area contributed by atoms with Gasteiger partial charge in [0.05, 0.1) is 21.7 Å². The van der Waals surface area contributed by atoms with E-state index < -0.39 is 10.0 Å². The zero-order valence-corrected chi connectivity index (χ0v) is 15.7. The van der Waals surface area contributed by atoms with Crippen LogP contribution in [0.3, 0.4) is 0 Å². The van der Waals surface area contributed by atoms with Gasteiger partial charge in [0.15, 0.2) is 0 Å². The molecular weight excluding hydrogens is 406 g/mol. The molecule has 0 radical (unpaired) electrons. The van der Waals surface area contributed by atoms with Gasteiger partial charge in [-0.25, -0.2) is 0 Å². The Morgan fingerprint density at radius 2 is 1.68 bits per heavy atom. The van der Waals surface area contributed by atoms with Crippen molar-refractivity contribution in [2.75, 3.05) is 6.61 Å². The SMILES string of the molecule is CCOc1ccc(S(=O)(=O)/N=C2/C=C(Br)C(=O)c3ccccc32)cc1. The highest BCUT2D eigenvalue weighted by atomic mass is 79.9. The summed E-state index contributed by atoms with van der Waals surface area (Å²) in [6.07, 6.45) is 1.43. The molecule has 0 saturated carbocycles. The second-order valence-electron chi connectivity index (χ2n) is 5.22. The highest BCUT2D eigenvalue weighted by molar-refractivity contribution is 9.12. The minimum atomic E-state index is -3.92. The number of sulfonamides is 1. The first kappa shape index (κ1) is 17.6. The molecule has 25 heavy (non-hydrogen) atoms. The summed E-state index contributed by atoms with van der Waals surface area (Å²) in [5.74, 6) is 0.387. The van der Waals surface area contributed by atoms with Crippen LogP contribution >= 0.6 is 15.9 Å². The maximum Gasteiger partial charge on any atom is 0.282 e. The second-order valence-corrected chi connectivity index (χ2v) is 7.68. The third-order valence-electron chi connectivity index (χ3n) is 3.58. The van der Waals surface area contributed by atoms with Crippen molar-refractivity contribution in [3.05, 3.63) is 70.2 Å². The van der Waals surface area contributed by atoms with Crippen LogP contribution in [0.15, 0.2) is 68.4 Å². The van der Waals surface area contributed by atoms with E-state index in [1.807, 2.05) is 6.92 Å². The van der Waals surface area contributed by atoms with Crippen LogP contribution in [0.4, 0.5) is 0 Å². The molecule has 0 aliphatic heterocycles. The number of hydrogen-bond donors (Lipinski definition) is 0. The van der Waals surface area contributed by atoms with Gasteiger partial charge in [-0.15, -0.1) is 0 Å². The van der Waals surface area contributed by atoms with Crippen LogP contribution in [-0.2, 0) is 10.0 Å². The van der Waals surface area contributed by atoms with E-state index in [1.54, 1.807) is 36.4 Å². The third-order valence-corrected chi connectivity index (χ3v) is 5.47. The Morgan fingerprint density at radius 1 is 1.04 bits per heavy atom. The lowest BCUT2D eigenvalue weighted by Crippen LogP contribution is -2.16. The van der Waals surface area contributed by atoms with Crippen molar-refractivity contribution in [3.8, 4) is 5.75 Å². The van der Waals surface area contributed by atoms with Crippen LogP contribution in [0.5, 0.6) is 5.75 Å². The van der Waals surface area contributed by atoms with Crippen molar-refractivity contribution < 1.29 is 17.9 Å². The molecule has 1 aliphatic carbocycles. The molecular formula is C18H14BrNO4S. The largest absolute Gasteiger partial charge is 0.494 e. The fourth-order valence-corrected chi connectivity index (χ4v) is 3.85. The van der Waals surface area contributed by atoms with Gasteiger partial charge in [-0.3, -0.25) is 4.79 Å². The molecule has 0 aromatic heterocycles. The summed E-state index contributed by atoms with van der Waals surface area (Å²) in [5, 5.41) is 0. The summed E-state index contributed by atoms with van der Waals surface area (Å²) in [6.45, 7) is 2.35. The molecule has 0 bridgehead atoms. The Kier molecular flexibility index (Phi) is 4.87. The van der Waals surface area contributed by atoms with Crippen molar-refractivity contribution in [1.82, 2.24) is 0 Å². The molecule has 2 aromatic rings. The Balaban J connectivity index is 2.05. The van der Waals surface area contributed by atoms with Crippen LogP contribution < -0.4 is 4.74 Å². The number of carbonyl (C=O) groups is 1. The van der Waals surface area contributed by atoms with Gasteiger partial charge in [0, 0.05) is 11.1 Å². The van der Waals surface area contributed by atoms with E-state index >= 15 is 0 Å². The summed E-state index contributed by atoms with van der Waals surface area (Å²) in [6, 6.07) is 12.8. The van der Waals surface area contributed by atoms with E-state index in [4.69, 9.17) is 4.74 Å². The highest BCUT2D eigenvalue weighted by Crippen LogP contribution is 2.26. The number of rotatable bonds is 4. The van der Waals surface area contributed by atoms with Gasteiger partial charge in [0.1, 0.15) is 5.75 Å². The van der Waals surface area contributed by atoms with Gasteiger partial charge in [-0.2, -0.15) is 12.8 Å². The molecule has 0 unspecified atom stereocenters. The second kappa shape index (κ2) is 6.93. The van der Waals surface area contributed by atoms with E-state index in [1.165, 1.54) is 18.2 Å². The standard InChI is InChI=1S/C18H14BrNO4S/c1-2-24-12-7-9-13(10-8-12)25(22,23)20-17-11-16(19)18(21)15-6-4-3-5-14(15)17/h3-11H,2H2,1H3/b20-17-. The number of carbonyl (C=O) groups excluding carboxylic acids is 1. The average Bonchev–Trinajstić information content (AvgIpc) is 2.60. The summed E-state index contributed by atoms with van der Waals surface area (Å²) < 4.78 is 34.7. The molecule has 5 nitrogen and oxygen atoms in total. The molecule has 0 saturated heterocycles. The molecule has 0 heterocycles. The first-order chi connectivity index (χ1) is 11.9. The topological polar surface area (TPSA) is 72.8 Å². The van der Waals surface area contributed by atoms with E-state index in [0.717, 1.165) is 0 Å². The average molecular weight is 420 g/mol. The lowest BCUT2D eigenvalue weighted by atomic mass is 9.94. The smallest absolute Gasteiger partial charge is 0.282 e. The van der Waals surface area contributed by atoms with Crippen LogP contribution in [0, 0.1) is 0 Å². The molecule has 2 aromatic carbocycles. The lowest BCUT2D eigenvalue weighted by molar-refractivity contribution is 0.104. The first-order valence-corrected chi connectivity index (χ1v) is 9.75. The van der Waals surface area contributed by atoms with E-state index in [-0.39, 0.29) is 20.9 Å². The van der Waals surface area contributed by atoms with Gasteiger partial charge >= 0.3 is 0 Å². The molecule has 7 heteroatoms. The summed E-state index contributed by atoms with van der Waals surface area (Å²) >= 11 is 3.17. The maximum absolute atomic E-state index is 12.6. The quantitative estimate of drug-likeness (QED) is 0.756. The predicted octanol–water partition coefficient (Wildman–Crippen LogP) is 3.74. The lowest BCUT2D eigenvalue weighted by Gasteiger charge is -2.14. The van der Waals surface area contributed by atoms with Gasteiger partial charge in [-0.05, 0) is 53.2 Å². The van der Waals surface area contributed by atoms with Gasteiger partial charge < -0.3 is 4.74 Å². The van der Waals surface area contributed by atoms with Crippen molar-refractivity contribution in [2.45, 2.75) is 11.8 Å². The molecule has 0 atom stereocenters. The minimum absolute atomic E-state index is 0.0577. The number of nitrogens with zero attached hydrogens (tertiary/aromatic N) is 1. The van der Waals surface area contributed by atoms with Gasteiger partial charge in [-0.1, -0.05) is 24.3 Å². The van der Waals surface area contributed by atoms with Gasteiger partial charge in [0.25, 0.3) is 10.0 Å². The van der Waals surface area contributed by atoms with Crippen LogP contribution in [0.1, 0.15) is 22.8 Å². The normalized spacial score (nSPS) is 15.7. The number of hydrogen-bond acceptors (Lipinski definition) is 4. The van der Waals surface area contributed by atoms with E-state index in [2.05, 4.69) is 20.3 Å². The summed E-state index contributed by atoms with van der Waals surface area (Å²) in [7, 11) is -3.92. The number of allylic oxidation sites excluding steroid dienone is 2. The Labute approximate surface area is 154 Å². The molecule has 0 amide bonds. The van der Waals surface area contributed by atoms with Crippen molar-refractivity contribution >= 4 is 37.4 Å². The number of benzene rings is 2. The Bertz CT molecular complexity index is 992. The fourth-order valence-electron chi connectivity index (χ4n) is 2.43. The first-order valence-electron chi connectivity index (χ1n) is 7.51. The number of ketones is 1. The van der Waals surface area contributed by atoms with E-state index in [0.29, 0.717) is 23.5 Å². The minimum Gasteiger partial charge on any atom is -0.494 e. The van der Waals surface area contributed by atoms with Gasteiger partial charge in [0.2, 0.25) is 5.78 Å². The monoisotopic (exact) mass is 419 g/mol. The van der Waals surface area contributed by atoms with Crippen LogP contribution in [0.25, 0.3) is 0 Å². The number of Topliss-reactive ketones (excluding diaryl/α,β-unsaturated/α-hetero) is 1. The fraction of sp³-hybridized carbons (Fsp3) is 0.111. The zero-order chi connectivity index (χ0) is 18.0. The summed E-state index contributed by atoms with van der Waals surface area (Å²) in [5.41, 5.74) is 1.12. The molecule has 128 valence electrons. The molecule has 1 aliphatic rings. The number of halogens is 1. The van der Waals surface area contributed by atoms with Crippen molar-refractivity contribution in [2.24, 2.45) is 4.40 Å². The molecule has 3 rings (SSSR count). The van der Waals surface area contributed by atoms with Crippen molar-refractivity contribution in [3.63, 3.8) is 0 Å². The number of ether oxygens (including phenoxy) is 1. The molecule has 0 N–H and O–H groups in total. The van der Waals surface area contributed by atoms with Crippen LogP contribution in [0.2, 0.25) is 0 Å². The predicted molar refractivity (Wildman–Crippen MR) is 99.1 cm³/mol. The summed E-state index contributed by atoms with van der Waals surface area (Å²) in [4.78, 5) is 12.2. The Morgan fingerprint density at radius 3 is 2.32 bits per heavy atom. The molecule has 0 spiro atoms. The Hall–Kier alpha value is -2.25. The van der Waals surface area contributed by atoms with E-state index in [9.17, 15) is 13.2 Å². The molecule has 0 fully saturated rings. The van der Waals surface area contributed by atoms with Crippen LogP contribution in [-0.4, -0.2) is 26.5 Å². The zero-order valence-electron chi connectivity index (χ0n) is 13.3. The third kappa shape index (κ3) is 3.57. The van der Waals surface area contributed by atoms with Crippen molar-refractivity contribution in [1.29, 1.82) is 0 Å². The maximum atomic E-state index is 12.6. The number of fused-ring (bicyclic) bond motifs is 1. The highest BCUT2D eigenvalue weighted by Gasteiger charge is 2.24.